The summed E-state index contributed by atoms with van der Waals surface area (Å²) in [6.45, 7) is 0.811. The van der Waals surface area contributed by atoms with Gasteiger partial charge in [-0.3, -0.25) is 0 Å². The molecule has 1 aliphatic carbocycles. The van der Waals surface area contributed by atoms with E-state index >= 15 is 0 Å². The molecular weight excluding hydrogens is 298 g/mol. The summed E-state index contributed by atoms with van der Waals surface area (Å²) >= 11 is 6.15. The number of rotatable bonds is 5. The molecule has 0 atom stereocenters. The van der Waals surface area contributed by atoms with Crippen molar-refractivity contribution in [2.75, 3.05) is 11.9 Å². The summed E-state index contributed by atoms with van der Waals surface area (Å²) in [5.41, 5.74) is 2.93. The second-order valence-electron chi connectivity index (χ2n) is 5.61. The van der Waals surface area contributed by atoms with Crippen molar-refractivity contribution >= 4 is 22.9 Å². The zero-order valence-corrected chi connectivity index (χ0v) is 12.8. The summed E-state index contributed by atoms with van der Waals surface area (Å²) in [5.74, 6) is 1.40. The first-order valence-corrected chi connectivity index (χ1v) is 7.89. The van der Waals surface area contributed by atoms with Gasteiger partial charge in [0.2, 0.25) is 5.65 Å². The molecule has 0 spiro atoms. The van der Waals surface area contributed by atoms with Crippen LogP contribution < -0.4 is 5.32 Å². The number of aromatic nitrogens is 4. The van der Waals surface area contributed by atoms with Crippen molar-refractivity contribution in [3.05, 3.63) is 52.9 Å². The fraction of sp³-hybridized carbons (Fsp3) is 0.312. The SMILES string of the molecule is Clc1cc(NCCc2ccccc2)c2nnc(C3CC3)n2n1. The molecule has 0 aliphatic heterocycles. The monoisotopic (exact) mass is 313 g/mol. The van der Waals surface area contributed by atoms with Gasteiger partial charge in [-0.1, -0.05) is 41.9 Å². The Kier molecular flexibility index (Phi) is 3.42. The highest BCUT2D eigenvalue weighted by atomic mass is 35.5. The minimum atomic E-state index is 0.455. The molecule has 0 saturated heterocycles. The Labute approximate surface area is 133 Å². The van der Waals surface area contributed by atoms with Crippen LogP contribution in [0.25, 0.3) is 5.65 Å². The molecule has 1 saturated carbocycles. The van der Waals surface area contributed by atoms with E-state index in [9.17, 15) is 0 Å². The molecule has 6 heteroatoms. The predicted octanol–water partition coefficient (Wildman–Crippen LogP) is 3.31. The van der Waals surface area contributed by atoms with E-state index in [-0.39, 0.29) is 0 Å². The highest BCUT2D eigenvalue weighted by Crippen LogP contribution is 2.39. The predicted molar refractivity (Wildman–Crippen MR) is 86.4 cm³/mol. The molecule has 1 aliphatic rings. The van der Waals surface area contributed by atoms with Gasteiger partial charge in [-0.15, -0.1) is 10.2 Å². The molecule has 1 N–H and O–H groups in total. The number of halogens is 1. The van der Waals surface area contributed by atoms with E-state index in [1.165, 1.54) is 5.56 Å². The number of benzene rings is 1. The van der Waals surface area contributed by atoms with Gasteiger partial charge in [0.25, 0.3) is 0 Å². The zero-order chi connectivity index (χ0) is 14.9. The van der Waals surface area contributed by atoms with Crippen molar-refractivity contribution in [2.45, 2.75) is 25.2 Å². The van der Waals surface area contributed by atoms with Gasteiger partial charge < -0.3 is 5.32 Å². The lowest BCUT2D eigenvalue weighted by atomic mass is 10.1. The number of anilines is 1. The fourth-order valence-electron chi connectivity index (χ4n) is 2.58. The van der Waals surface area contributed by atoms with Crippen LogP contribution in [-0.2, 0) is 6.42 Å². The minimum Gasteiger partial charge on any atom is -0.382 e. The summed E-state index contributed by atoms with van der Waals surface area (Å²) in [5, 5.41) is 16.8. The van der Waals surface area contributed by atoms with Gasteiger partial charge in [0.15, 0.2) is 11.0 Å². The van der Waals surface area contributed by atoms with Crippen LogP contribution in [0.1, 0.15) is 30.1 Å². The molecule has 0 bridgehead atoms. The lowest BCUT2D eigenvalue weighted by Crippen LogP contribution is -2.08. The molecule has 2 heterocycles. The molecule has 1 aromatic carbocycles. The smallest absolute Gasteiger partial charge is 0.201 e. The minimum absolute atomic E-state index is 0.455. The summed E-state index contributed by atoms with van der Waals surface area (Å²) in [6, 6.07) is 12.2. The van der Waals surface area contributed by atoms with Crippen LogP contribution in [0.4, 0.5) is 5.69 Å². The molecule has 0 radical (unpaired) electrons. The largest absolute Gasteiger partial charge is 0.382 e. The topological polar surface area (TPSA) is 55.1 Å². The van der Waals surface area contributed by atoms with Gasteiger partial charge in [0.05, 0.1) is 5.69 Å². The lowest BCUT2D eigenvalue weighted by molar-refractivity contribution is 0.815. The Bertz CT molecular complexity index is 795. The lowest BCUT2D eigenvalue weighted by Gasteiger charge is -2.08. The summed E-state index contributed by atoms with van der Waals surface area (Å²) in [7, 11) is 0. The van der Waals surface area contributed by atoms with Crippen LogP contribution in [0.5, 0.6) is 0 Å². The van der Waals surface area contributed by atoms with Gasteiger partial charge in [0, 0.05) is 18.5 Å². The molecule has 4 rings (SSSR count). The molecule has 3 aromatic rings. The van der Waals surface area contributed by atoms with E-state index in [2.05, 4.69) is 44.9 Å². The first-order chi connectivity index (χ1) is 10.8. The maximum atomic E-state index is 6.15. The number of nitrogens with zero attached hydrogens (tertiary/aromatic N) is 4. The van der Waals surface area contributed by atoms with E-state index in [4.69, 9.17) is 11.6 Å². The summed E-state index contributed by atoms with van der Waals surface area (Å²) < 4.78 is 1.78. The van der Waals surface area contributed by atoms with Crippen molar-refractivity contribution in [2.24, 2.45) is 0 Å². The Balaban J connectivity index is 1.56. The third-order valence-corrected chi connectivity index (χ3v) is 4.06. The van der Waals surface area contributed by atoms with Crippen LogP contribution >= 0.6 is 11.6 Å². The van der Waals surface area contributed by atoms with Crippen molar-refractivity contribution in [1.82, 2.24) is 19.8 Å². The Morgan fingerprint density at radius 3 is 2.77 bits per heavy atom. The van der Waals surface area contributed by atoms with Crippen LogP contribution in [0.2, 0.25) is 5.15 Å². The maximum Gasteiger partial charge on any atom is 0.201 e. The first kappa shape index (κ1) is 13.5. The van der Waals surface area contributed by atoms with E-state index in [1.54, 1.807) is 4.52 Å². The Morgan fingerprint density at radius 1 is 1.18 bits per heavy atom. The molecule has 112 valence electrons. The average molecular weight is 314 g/mol. The number of nitrogens with one attached hydrogen (secondary N) is 1. The van der Waals surface area contributed by atoms with Crippen LogP contribution in [-0.4, -0.2) is 26.4 Å². The molecule has 22 heavy (non-hydrogen) atoms. The number of hydrogen-bond donors (Lipinski definition) is 1. The number of fused-ring (bicyclic) bond motifs is 1. The molecule has 0 amide bonds. The summed E-state index contributed by atoms with van der Waals surface area (Å²) in [6.07, 6.45) is 3.26. The Morgan fingerprint density at radius 2 is 2.00 bits per heavy atom. The maximum absolute atomic E-state index is 6.15. The second kappa shape index (κ2) is 5.57. The van der Waals surface area contributed by atoms with E-state index in [0.29, 0.717) is 11.1 Å². The highest BCUT2D eigenvalue weighted by molar-refractivity contribution is 6.29. The van der Waals surface area contributed by atoms with E-state index < -0.39 is 0 Å². The molecule has 0 unspecified atom stereocenters. The highest BCUT2D eigenvalue weighted by Gasteiger charge is 2.29. The van der Waals surface area contributed by atoms with Crippen molar-refractivity contribution in [3.8, 4) is 0 Å². The van der Waals surface area contributed by atoms with Crippen LogP contribution in [0.15, 0.2) is 36.4 Å². The van der Waals surface area contributed by atoms with Gasteiger partial charge >= 0.3 is 0 Å². The third-order valence-electron chi connectivity index (χ3n) is 3.88. The zero-order valence-electron chi connectivity index (χ0n) is 12.0. The molecule has 2 aromatic heterocycles. The molecule has 5 nitrogen and oxygen atoms in total. The molecular formula is C16H16ClN5. The van der Waals surface area contributed by atoms with Crippen molar-refractivity contribution in [3.63, 3.8) is 0 Å². The van der Waals surface area contributed by atoms with Gasteiger partial charge in [0.1, 0.15) is 0 Å². The third kappa shape index (κ3) is 2.64. The average Bonchev–Trinajstić information content (AvgIpc) is 3.28. The van der Waals surface area contributed by atoms with Crippen molar-refractivity contribution in [1.29, 1.82) is 0 Å². The number of hydrogen-bond acceptors (Lipinski definition) is 4. The Hall–Kier alpha value is -2.14. The van der Waals surface area contributed by atoms with Gasteiger partial charge in [-0.05, 0) is 24.8 Å². The fourth-order valence-corrected chi connectivity index (χ4v) is 2.76. The van der Waals surface area contributed by atoms with Crippen molar-refractivity contribution < 1.29 is 0 Å². The second-order valence-corrected chi connectivity index (χ2v) is 6.00. The van der Waals surface area contributed by atoms with E-state index in [0.717, 1.165) is 43.0 Å². The standard InChI is InChI=1S/C16H16ClN5/c17-14-10-13(18-9-8-11-4-2-1-3-5-11)16-20-19-15(12-6-7-12)22(16)21-14/h1-5,10,12,18H,6-9H2. The van der Waals surface area contributed by atoms with Gasteiger partial charge in [-0.2, -0.15) is 9.61 Å². The quantitative estimate of drug-likeness (QED) is 0.785. The van der Waals surface area contributed by atoms with Gasteiger partial charge in [-0.25, -0.2) is 0 Å². The first-order valence-electron chi connectivity index (χ1n) is 7.51. The molecule has 1 fully saturated rings. The normalized spacial score (nSPS) is 14.4. The summed E-state index contributed by atoms with van der Waals surface area (Å²) in [4.78, 5) is 0. The van der Waals surface area contributed by atoms with E-state index in [1.807, 2.05) is 12.1 Å². The van der Waals surface area contributed by atoms with Crippen LogP contribution in [0, 0.1) is 0 Å². The van der Waals surface area contributed by atoms with Crippen LogP contribution in [0.3, 0.4) is 0 Å².